The van der Waals surface area contributed by atoms with Gasteiger partial charge in [0.15, 0.2) is 5.75 Å². The van der Waals surface area contributed by atoms with Gasteiger partial charge in [0, 0.05) is 22.1 Å². The molecule has 0 spiro atoms. The van der Waals surface area contributed by atoms with Crippen molar-refractivity contribution in [3.63, 3.8) is 0 Å². The molecular weight excluding hydrogens is 356 g/mol. The van der Waals surface area contributed by atoms with Crippen molar-refractivity contribution in [2.45, 2.75) is 18.6 Å². The molecule has 1 aromatic carbocycles. The number of alkyl halides is 3. The highest BCUT2D eigenvalue weighted by molar-refractivity contribution is 9.10. The Balaban J connectivity index is 0.00000324. The molecule has 0 aromatic heterocycles. The van der Waals surface area contributed by atoms with Crippen molar-refractivity contribution < 1.29 is 23.2 Å². The van der Waals surface area contributed by atoms with Crippen LogP contribution in [0.3, 0.4) is 0 Å². The Labute approximate surface area is 120 Å². The lowest BCUT2D eigenvalue weighted by Crippen LogP contribution is -2.20. The SMILES string of the molecule is Cl.N[C@H](CC(F)(F)F)c1cc(Br)cc([N+](=O)[O-])c1O. The average Bonchev–Trinajstić information content (AvgIpc) is 2.17. The molecule has 3 N–H and O–H groups in total. The van der Waals surface area contributed by atoms with Crippen LogP contribution >= 0.6 is 28.3 Å². The lowest BCUT2D eigenvalue weighted by atomic mass is 10.0. The molecule has 0 heterocycles. The maximum atomic E-state index is 12.2. The third-order valence-corrected chi connectivity index (χ3v) is 2.59. The maximum Gasteiger partial charge on any atom is 0.390 e. The lowest BCUT2D eigenvalue weighted by Gasteiger charge is -2.15. The molecule has 1 aromatic rings. The van der Waals surface area contributed by atoms with Crippen molar-refractivity contribution in [2.24, 2.45) is 5.73 Å². The third kappa shape index (κ3) is 4.84. The number of phenols is 1. The number of benzene rings is 1. The fourth-order valence-corrected chi connectivity index (χ4v) is 1.85. The van der Waals surface area contributed by atoms with Crippen molar-refractivity contribution >= 4 is 34.0 Å². The molecular formula is C9H9BrClF3N2O3. The van der Waals surface area contributed by atoms with E-state index in [2.05, 4.69) is 15.9 Å². The van der Waals surface area contributed by atoms with Gasteiger partial charge in [-0.25, -0.2) is 0 Å². The highest BCUT2D eigenvalue weighted by Gasteiger charge is 2.33. The molecule has 0 saturated heterocycles. The van der Waals surface area contributed by atoms with E-state index in [4.69, 9.17) is 5.73 Å². The molecule has 0 aliphatic carbocycles. The summed E-state index contributed by atoms with van der Waals surface area (Å²) in [5.74, 6) is -0.847. The van der Waals surface area contributed by atoms with Crippen LogP contribution in [-0.4, -0.2) is 16.2 Å². The lowest BCUT2D eigenvalue weighted by molar-refractivity contribution is -0.386. The zero-order chi connectivity index (χ0) is 14.1. The van der Waals surface area contributed by atoms with Gasteiger partial charge in [-0.05, 0) is 6.07 Å². The second-order valence-electron chi connectivity index (χ2n) is 3.55. The van der Waals surface area contributed by atoms with Crippen molar-refractivity contribution in [3.8, 4) is 5.75 Å². The normalized spacial score (nSPS) is 12.7. The number of nitrogens with two attached hydrogens (primary N) is 1. The molecule has 1 rings (SSSR count). The molecule has 1 atom stereocenters. The van der Waals surface area contributed by atoms with Crippen LogP contribution in [0.4, 0.5) is 18.9 Å². The fourth-order valence-electron chi connectivity index (χ4n) is 1.39. The molecule has 108 valence electrons. The first-order valence-corrected chi connectivity index (χ1v) is 5.40. The van der Waals surface area contributed by atoms with Gasteiger partial charge < -0.3 is 10.8 Å². The Morgan fingerprint density at radius 3 is 2.42 bits per heavy atom. The third-order valence-electron chi connectivity index (χ3n) is 2.13. The van der Waals surface area contributed by atoms with Crippen LogP contribution in [0.1, 0.15) is 18.0 Å². The highest BCUT2D eigenvalue weighted by Crippen LogP contribution is 2.39. The second-order valence-corrected chi connectivity index (χ2v) is 4.46. The number of aromatic hydroxyl groups is 1. The first kappa shape index (κ1) is 17.9. The number of hydrogen-bond acceptors (Lipinski definition) is 4. The number of rotatable bonds is 3. The molecule has 0 saturated carbocycles. The highest BCUT2D eigenvalue weighted by atomic mass is 79.9. The smallest absolute Gasteiger partial charge is 0.390 e. The summed E-state index contributed by atoms with van der Waals surface area (Å²) in [6.07, 6.45) is -5.91. The summed E-state index contributed by atoms with van der Waals surface area (Å²) in [6, 6.07) is 0.541. The summed E-state index contributed by atoms with van der Waals surface area (Å²) in [7, 11) is 0. The van der Waals surface area contributed by atoms with E-state index >= 15 is 0 Å². The van der Waals surface area contributed by atoms with Gasteiger partial charge in [0.1, 0.15) is 0 Å². The Hall–Kier alpha value is -1.06. The van der Waals surface area contributed by atoms with E-state index in [-0.39, 0.29) is 22.4 Å². The van der Waals surface area contributed by atoms with E-state index in [1.54, 1.807) is 0 Å². The summed E-state index contributed by atoms with van der Waals surface area (Å²) in [6.45, 7) is 0. The van der Waals surface area contributed by atoms with Crippen molar-refractivity contribution in [1.29, 1.82) is 0 Å². The second kappa shape index (κ2) is 6.40. The summed E-state index contributed by atoms with van der Waals surface area (Å²) >= 11 is 2.91. The minimum Gasteiger partial charge on any atom is -0.502 e. The number of phenolic OH excluding ortho intramolecular Hbond substituents is 1. The molecule has 5 nitrogen and oxygen atoms in total. The van der Waals surface area contributed by atoms with E-state index in [0.29, 0.717) is 0 Å². The van der Waals surface area contributed by atoms with Crippen LogP contribution in [0.5, 0.6) is 5.75 Å². The predicted molar refractivity (Wildman–Crippen MR) is 67.3 cm³/mol. The Kier molecular flexibility index (Phi) is 6.04. The monoisotopic (exact) mass is 364 g/mol. The average molecular weight is 366 g/mol. The molecule has 0 amide bonds. The van der Waals surface area contributed by atoms with E-state index in [1.807, 2.05) is 0 Å². The molecule has 0 aliphatic rings. The molecule has 0 bridgehead atoms. The largest absolute Gasteiger partial charge is 0.502 e. The number of nitrogens with zero attached hydrogens (tertiary/aromatic N) is 1. The van der Waals surface area contributed by atoms with E-state index in [0.717, 1.165) is 12.1 Å². The topological polar surface area (TPSA) is 89.4 Å². The standard InChI is InChI=1S/C9H8BrF3N2O3.ClH/c10-4-1-5(6(14)3-9(11,12)13)8(16)7(2-4)15(17)18;/h1-2,6,16H,3,14H2;1H/t6-;/m1./s1. The van der Waals surface area contributed by atoms with Crippen LogP contribution < -0.4 is 5.73 Å². The molecule has 0 aliphatic heterocycles. The summed E-state index contributed by atoms with van der Waals surface area (Å²) in [5, 5.41) is 20.1. The first-order valence-electron chi connectivity index (χ1n) is 4.61. The van der Waals surface area contributed by atoms with Crippen LogP contribution in [0.15, 0.2) is 16.6 Å². The Bertz CT molecular complexity index is 485. The first-order chi connectivity index (χ1) is 8.11. The minimum atomic E-state index is -4.52. The molecule has 10 heteroatoms. The zero-order valence-corrected chi connectivity index (χ0v) is 11.6. The van der Waals surface area contributed by atoms with E-state index in [9.17, 15) is 28.4 Å². The Morgan fingerprint density at radius 1 is 1.47 bits per heavy atom. The summed E-state index contributed by atoms with van der Waals surface area (Å²) in [4.78, 5) is 9.70. The maximum absolute atomic E-state index is 12.2. The van der Waals surface area contributed by atoms with Gasteiger partial charge in [-0.1, -0.05) is 15.9 Å². The quantitative estimate of drug-likeness (QED) is 0.634. The van der Waals surface area contributed by atoms with Crippen molar-refractivity contribution in [3.05, 3.63) is 32.3 Å². The predicted octanol–water partition coefficient (Wildman–Crippen LogP) is 3.44. The number of nitro benzene ring substituents is 1. The molecule has 19 heavy (non-hydrogen) atoms. The zero-order valence-electron chi connectivity index (χ0n) is 9.15. The number of hydrogen-bond donors (Lipinski definition) is 2. The number of nitro groups is 1. The minimum absolute atomic E-state index is 0. The van der Waals surface area contributed by atoms with Gasteiger partial charge in [0.2, 0.25) is 0 Å². The van der Waals surface area contributed by atoms with Crippen molar-refractivity contribution in [2.75, 3.05) is 0 Å². The van der Waals surface area contributed by atoms with Crippen molar-refractivity contribution in [1.82, 2.24) is 0 Å². The van der Waals surface area contributed by atoms with Crippen LogP contribution in [-0.2, 0) is 0 Å². The van der Waals surface area contributed by atoms with Gasteiger partial charge in [0.05, 0.1) is 11.3 Å². The number of halogens is 5. The van der Waals surface area contributed by atoms with Gasteiger partial charge in [-0.2, -0.15) is 13.2 Å². The van der Waals surface area contributed by atoms with Gasteiger partial charge in [-0.15, -0.1) is 12.4 Å². The van der Waals surface area contributed by atoms with Crippen LogP contribution in [0.2, 0.25) is 0 Å². The molecule has 0 radical (unpaired) electrons. The Morgan fingerprint density at radius 2 is 2.00 bits per heavy atom. The molecule has 0 unspecified atom stereocenters. The molecule has 0 fully saturated rings. The van der Waals surface area contributed by atoms with Crippen LogP contribution in [0, 0.1) is 10.1 Å². The van der Waals surface area contributed by atoms with E-state index in [1.165, 1.54) is 0 Å². The van der Waals surface area contributed by atoms with Gasteiger partial charge >= 0.3 is 11.9 Å². The van der Waals surface area contributed by atoms with Gasteiger partial charge in [-0.3, -0.25) is 10.1 Å². The summed E-state index contributed by atoms with van der Waals surface area (Å²) in [5.41, 5.74) is 4.27. The van der Waals surface area contributed by atoms with Crippen LogP contribution in [0.25, 0.3) is 0 Å². The fraction of sp³-hybridized carbons (Fsp3) is 0.333. The summed E-state index contributed by atoms with van der Waals surface area (Å²) < 4.78 is 36.7. The van der Waals surface area contributed by atoms with Gasteiger partial charge in [0.25, 0.3) is 0 Å². The van der Waals surface area contributed by atoms with E-state index < -0.39 is 35.0 Å².